The largest absolute Gasteiger partial charge is 0.494 e. The van der Waals surface area contributed by atoms with Crippen molar-refractivity contribution in [2.45, 2.75) is 40.7 Å². The van der Waals surface area contributed by atoms with Gasteiger partial charge in [-0.05, 0) is 75.3 Å². The lowest BCUT2D eigenvalue weighted by Gasteiger charge is -2.19. The number of ether oxygens (including phenoxy) is 1. The van der Waals surface area contributed by atoms with Crippen LogP contribution in [0, 0.1) is 0 Å². The van der Waals surface area contributed by atoms with Gasteiger partial charge in [0.25, 0.3) is 5.91 Å². The van der Waals surface area contributed by atoms with Crippen LogP contribution in [0.2, 0.25) is 0 Å². The van der Waals surface area contributed by atoms with Crippen LogP contribution in [0.5, 0.6) is 5.75 Å². The van der Waals surface area contributed by atoms with Crippen LogP contribution in [0.1, 0.15) is 38.8 Å². The number of anilines is 1. The highest BCUT2D eigenvalue weighted by Gasteiger charge is 2.37. The molecule has 0 saturated carbocycles. The fourth-order valence-corrected chi connectivity index (χ4v) is 5.09. The van der Waals surface area contributed by atoms with Crippen molar-refractivity contribution in [1.82, 2.24) is 14.4 Å². The first-order valence-electron chi connectivity index (χ1n) is 12.8. The molecule has 8 heteroatoms. The topological polar surface area (TPSA) is 58.0 Å². The van der Waals surface area contributed by atoms with Crippen LogP contribution in [0.4, 0.5) is 5.69 Å². The first-order chi connectivity index (χ1) is 17.8. The molecule has 0 aliphatic carbocycles. The molecule has 1 aromatic heterocycles. The lowest BCUT2D eigenvalue weighted by molar-refractivity contribution is -0.131. The van der Waals surface area contributed by atoms with Gasteiger partial charge in [-0.15, -0.1) is 0 Å². The van der Waals surface area contributed by atoms with Gasteiger partial charge in [0.15, 0.2) is 5.11 Å². The summed E-state index contributed by atoms with van der Waals surface area (Å²) < 4.78 is 7.55. The SMILES string of the molecule is CCOc1ccc(N2C(=O)/C(=C/c3cn(CC(=O)N(CC)CC)c4c(CC)cccc34)N(C)C2=S)cc1. The highest BCUT2D eigenvalue weighted by atomic mass is 32.1. The molecule has 0 spiro atoms. The second kappa shape index (κ2) is 11.2. The van der Waals surface area contributed by atoms with Gasteiger partial charge in [-0.1, -0.05) is 25.1 Å². The van der Waals surface area contributed by atoms with E-state index in [2.05, 4.69) is 13.0 Å². The van der Waals surface area contributed by atoms with E-state index in [0.717, 1.165) is 34.2 Å². The summed E-state index contributed by atoms with van der Waals surface area (Å²) in [6.45, 7) is 10.2. The van der Waals surface area contributed by atoms with Crippen LogP contribution < -0.4 is 9.64 Å². The first-order valence-corrected chi connectivity index (χ1v) is 13.2. The molecular weight excluding hydrogens is 484 g/mol. The van der Waals surface area contributed by atoms with Crippen LogP contribution in [-0.4, -0.2) is 58.0 Å². The number of aryl methyl sites for hydroxylation is 1. The summed E-state index contributed by atoms with van der Waals surface area (Å²) in [6.07, 6.45) is 4.69. The molecule has 2 amide bonds. The Morgan fingerprint density at radius 1 is 1.05 bits per heavy atom. The van der Waals surface area contributed by atoms with Gasteiger partial charge in [-0.3, -0.25) is 14.5 Å². The minimum Gasteiger partial charge on any atom is -0.494 e. The monoisotopic (exact) mass is 518 g/mol. The van der Waals surface area contributed by atoms with Gasteiger partial charge < -0.3 is 19.1 Å². The number of fused-ring (bicyclic) bond motifs is 1. The number of rotatable bonds is 9. The maximum absolute atomic E-state index is 13.6. The van der Waals surface area contributed by atoms with Crippen LogP contribution in [0.3, 0.4) is 0 Å². The second-order valence-corrected chi connectivity index (χ2v) is 9.25. The van der Waals surface area contributed by atoms with Crippen LogP contribution in [-0.2, 0) is 22.6 Å². The number of likely N-dealkylation sites (N-methyl/N-ethyl adjacent to an activating group) is 2. The van der Waals surface area contributed by atoms with Crippen molar-refractivity contribution in [3.63, 3.8) is 0 Å². The number of carbonyl (C=O) groups is 2. The number of aromatic nitrogens is 1. The Labute approximate surface area is 223 Å². The van der Waals surface area contributed by atoms with Gasteiger partial charge >= 0.3 is 0 Å². The Morgan fingerprint density at radius 3 is 2.38 bits per heavy atom. The highest BCUT2D eigenvalue weighted by Crippen LogP contribution is 2.32. The van der Waals surface area contributed by atoms with Crippen molar-refractivity contribution in [2.75, 3.05) is 31.6 Å². The van der Waals surface area contributed by atoms with Crippen molar-refractivity contribution in [1.29, 1.82) is 0 Å². The van der Waals surface area contributed by atoms with Gasteiger partial charge in [-0.2, -0.15) is 0 Å². The van der Waals surface area contributed by atoms with Crippen LogP contribution >= 0.6 is 12.2 Å². The molecular formula is C29H34N4O3S. The summed E-state index contributed by atoms with van der Waals surface area (Å²) in [7, 11) is 1.81. The van der Waals surface area contributed by atoms with E-state index in [1.54, 1.807) is 11.9 Å². The number of benzene rings is 2. The molecule has 0 radical (unpaired) electrons. The molecule has 7 nitrogen and oxygen atoms in total. The van der Waals surface area contributed by atoms with E-state index in [4.69, 9.17) is 17.0 Å². The normalized spacial score (nSPS) is 14.8. The van der Waals surface area contributed by atoms with E-state index in [9.17, 15) is 9.59 Å². The molecule has 4 rings (SSSR count). The first kappa shape index (κ1) is 26.4. The Hall–Kier alpha value is -3.65. The third-order valence-electron chi connectivity index (χ3n) is 6.78. The van der Waals surface area contributed by atoms with Gasteiger partial charge in [0, 0.05) is 37.3 Å². The fraction of sp³-hybridized carbons (Fsp3) is 0.345. The summed E-state index contributed by atoms with van der Waals surface area (Å²) >= 11 is 5.66. The Balaban J connectivity index is 1.75. The molecule has 1 aliphatic rings. The van der Waals surface area contributed by atoms with E-state index >= 15 is 0 Å². The third-order valence-corrected chi connectivity index (χ3v) is 7.23. The maximum Gasteiger partial charge on any atom is 0.281 e. The predicted molar refractivity (Wildman–Crippen MR) is 153 cm³/mol. The second-order valence-electron chi connectivity index (χ2n) is 8.88. The molecule has 1 aliphatic heterocycles. The predicted octanol–water partition coefficient (Wildman–Crippen LogP) is 5.08. The number of nitrogens with zero attached hydrogens (tertiary/aromatic N) is 4. The van der Waals surface area contributed by atoms with Crippen molar-refractivity contribution in [3.8, 4) is 5.75 Å². The molecule has 2 heterocycles. The lowest BCUT2D eigenvalue weighted by Crippen LogP contribution is -2.33. The summed E-state index contributed by atoms with van der Waals surface area (Å²) in [4.78, 5) is 31.7. The minimum atomic E-state index is -0.191. The molecule has 37 heavy (non-hydrogen) atoms. The van der Waals surface area contributed by atoms with Crippen LogP contribution in [0.25, 0.3) is 17.0 Å². The molecule has 194 valence electrons. The van der Waals surface area contributed by atoms with Gasteiger partial charge in [-0.25, -0.2) is 0 Å². The third kappa shape index (κ3) is 4.98. The average Bonchev–Trinajstić information content (AvgIpc) is 3.35. The number of hydrogen-bond acceptors (Lipinski definition) is 4. The number of thiocarbonyl (C=S) groups is 1. The van der Waals surface area contributed by atoms with Crippen LogP contribution in [0.15, 0.2) is 54.4 Å². The molecule has 0 N–H and O–H groups in total. The summed E-state index contributed by atoms with van der Waals surface area (Å²) in [5, 5.41) is 1.42. The van der Waals surface area contributed by atoms with Gasteiger partial charge in [0.05, 0.1) is 17.8 Å². The fourth-order valence-electron chi connectivity index (χ4n) is 4.80. The van der Waals surface area contributed by atoms with Gasteiger partial charge in [0.1, 0.15) is 18.0 Å². The van der Waals surface area contributed by atoms with E-state index in [1.165, 1.54) is 4.90 Å². The van der Waals surface area contributed by atoms with Crippen molar-refractivity contribution in [3.05, 3.63) is 65.5 Å². The lowest BCUT2D eigenvalue weighted by atomic mass is 10.1. The molecule has 3 aromatic rings. The minimum absolute atomic E-state index is 0.0731. The quantitative estimate of drug-likeness (QED) is 0.292. The molecule has 1 fully saturated rings. The number of para-hydroxylation sites is 1. The number of carbonyl (C=O) groups excluding carboxylic acids is 2. The molecule has 0 atom stereocenters. The number of amides is 2. The molecule has 2 aromatic carbocycles. The summed E-state index contributed by atoms with van der Waals surface area (Å²) in [5.74, 6) is 0.624. The molecule has 1 saturated heterocycles. The molecule has 0 bridgehead atoms. The molecule has 0 unspecified atom stereocenters. The zero-order valence-corrected chi connectivity index (χ0v) is 23.0. The van der Waals surface area contributed by atoms with E-state index < -0.39 is 0 Å². The van der Waals surface area contributed by atoms with Crippen molar-refractivity contribution >= 4 is 51.8 Å². The standard InChI is InChI=1S/C29H34N4O3S/c1-6-20-11-10-12-24-21(18-32(27(20)24)19-26(34)31(7-2)8-3)17-25-28(35)33(29(37)30(25)5)22-13-15-23(16-14-22)36-9-4/h10-18H,6-9,19H2,1-5H3/b25-17-. The average molecular weight is 519 g/mol. The Kier molecular flexibility index (Phi) is 7.97. The smallest absolute Gasteiger partial charge is 0.281 e. The maximum atomic E-state index is 13.6. The number of hydrogen-bond donors (Lipinski definition) is 0. The Bertz CT molecular complexity index is 1360. The zero-order chi connectivity index (χ0) is 26.7. The Morgan fingerprint density at radius 2 is 1.76 bits per heavy atom. The summed E-state index contributed by atoms with van der Waals surface area (Å²) in [5.41, 5.74) is 4.23. The van der Waals surface area contributed by atoms with E-state index in [0.29, 0.717) is 36.2 Å². The van der Waals surface area contributed by atoms with Crippen molar-refractivity contribution in [2.24, 2.45) is 0 Å². The van der Waals surface area contributed by atoms with E-state index in [-0.39, 0.29) is 18.4 Å². The van der Waals surface area contributed by atoms with Gasteiger partial charge in [0.2, 0.25) is 5.91 Å². The van der Waals surface area contributed by atoms with Crippen molar-refractivity contribution < 1.29 is 14.3 Å². The summed E-state index contributed by atoms with van der Waals surface area (Å²) in [6, 6.07) is 13.5. The zero-order valence-electron chi connectivity index (χ0n) is 22.2. The highest BCUT2D eigenvalue weighted by molar-refractivity contribution is 7.80. The van der Waals surface area contributed by atoms with E-state index in [1.807, 2.05) is 78.9 Å².